The molecule has 0 N–H and O–H groups in total. The summed E-state index contributed by atoms with van der Waals surface area (Å²) in [5.74, 6) is -0.200. The molecule has 0 radical (unpaired) electrons. The van der Waals surface area contributed by atoms with Gasteiger partial charge in [0.1, 0.15) is 22.9 Å². The van der Waals surface area contributed by atoms with E-state index in [9.17, 15) is 9.59 Å². The van der Waals surface area contributed by atoms with E-state index in [4.69, 9.17) is 18.9 Å². The molecule has 1 aliphatic rings. The Kier molecular flexibility index (Phi) is 8.49. The molecule has 7 heteroatoms. The maximum Gasteiger partial charge on any atom is 0.410 e. The van der Waals surface area contributed by atoms with Crippen LogP contribution in [0.3, 0.4) is 0 Å². The van der Waals surface area contributed by atoms with Crippen LogP contribution in [0.15, 0.2) is 24.3 Å². The quantitative estimate of drug-likeness (QED) is 0.524. The van der Waals surface area contributed by atoms with E-state index in [-0.39, 0.29) is 11.9 Å². The molecule has 31 heavy (non-hydrogen) atoms. The summed E-state index contributed by atoms with van der Waals surface area (Å²) >= 11 is 0. The van der Waals surface area contributed by atoms with Gasteiger partial charge in [0.2, 0.25) is 0 Å². The monoisotopic (exact) mass is 435 g/mol. The number of hydrogen-bond acceptors (Lipinski definition) is 6. The van der Waals surface area contributed by atoms with Gasteiger partial charge in [-0.1, -0.05) is 12.1 Å². The van der Waals surface area contributed by atoms with E-state index in [0.29, 0.717) is 44.0 Å². The van der Waals surface area contributed by atoms with Crippen LogP contribution in [0.2, 0.25) is 0 Å². The summed E-state index contributed by atoms with van der Waals surface area (Å²) in [6.07, 6.45) is -0.706. The number of carbonyl (C=O) groups is 2. The number of benzene rings is 1. The highest BCUT2D eigenvalue weighted by Crippen LogP contribution is 2.41. The first-order chi connectivity index (χ1) is 14.6. The summed E-state index contributed by atoms with van der Waals surface area (Å²) in [4.78, 5) is 27.7. The topological polar surface area (TPSA) is 74.3 Å². The molecule has 2 rings (SSSR count). The third-order valence-corrected chi connectivity index (χ3v) is 5.28. The van der Waals surface area contributed by atoms with Crippen LogP contribution >= 0.6 is 0 Å². The minimum atomic E-state index is -0.921. The van der Waals surface area contributed by atoms with Crippen molar-refractivity contribution in [1.82, 2.24) is 4.90 Å². The van der Waals surface area contributed by atoms with E-state index in [1.807, 2.05) is 60.6 Å². The van der Waals surface area contributed by atoms with E-state index in [0.717, 1.165) is 0 Å². The van der Waals surface area contributed by atoms with E-state index >= 15 is 0 Å². The molecular formula is C24H37NO6. The van der Waals surface area contributed by atoms with Crippen LogP contribution in [0.25, 0.3) is 0 Å². The van der Waals surface area contributed by atoms with Gasteiger partial charge in [-0.25, -0.2) is 4.79 Å². The second kappa shape index (κ2) is 10.5. The molecule has 0 saturated heterocycles. The molecular weight excluding hydrogens is 398 g/mol. The Labute approximate surface area is 186 Å². The molecule has 1 amide bonds. The van der Waals surface area contributed by atoms with Crippen molar-refractivity contribution in [3.63, 3.8) is 0 Å². The Morgan fingerprint density at radius 1 is 1.16 bits per heavy atom. The van der Waals surface area contributed by atoms with Crippen LogP contribution in [-0.4, -0.2) is 60.6 Å². The van der Waals surface area contributed by atoms with Gasteiger partial charge in [0.05, 0.1) is 5.56 Å². The zero-order chi connectivity index (χ0) is 23.2. The molecule has 1 aliphatic heterocycles. The van der Waals surface area contributed by atoms with Gasteiger partial charge in [0.15, 0.2) is 12.1 Å². The fraction of sp³-hybridized carbons (Fsp3) is 0.667. The van der Waals surface area contributed by atoms with Gasteiger partial charge in [-0.15, -0.1) is 0 Å². The fourth-order valence-corrected chi connectivity index (χ4v) is 3.77. The number of fused-ring (bicyclic) bond motifs is 1. The summed E-state index contributed by atoms with van der Waals surface area (Å²) in [6, 6.07) is 7.22. The number of amides is 1. The molecule has 2 atom stereocenters. The zero-order valence-electron chi connectivity index (χ0n) is 19.9. The molecule has 174 valence electrons. The molecule has 0 saturated carbocycles. The maximum atomic E-state index is 13.5. The first kappa shape index (κ1) is 25.1. The third-order valence-electron chi connectivity index (χ3n) is 5.28. The van der Waals surface area contributed by atoms with Crippen LogP contribution in [0.5, 0.6) is 5.75 Å². The first-order valence-electron chi connectivity index (χ1n) is 11.1. The molecule has 0 bridgehead atoms. The average Bonchev–Trinajstić information content (AvgIpc) is 2.67. The SMILES string of the molecule is CCOC(OCC)C1C(=O)c2ccccc2OC1(C)CCN(CC)C(=O)OC(C)(C)C. The Bertz CT molecular complexity index is 753. The predicted molar refractivity (Wildman–Crippen MR) is 118 cm³/mol. The first-order valence-corrected chi connectivity index (χ1v) is 11.1. The average molecular weight is 436 g/mol. The Morgan fingerprint density at radius 2 is 1.77 bits per heavy atom. The van der Waals surface area contributed by atoms with Gasteiger partial charge >= 0.3 is 6.09 Å². The largest absolute Gasteiger partial charge is 0.486 e. The molecule has 0 spiro atoms. The third kappa shape index (κ3) is 6.20. The highest BCUT2D eigenvalue weighted by atomic mass is 16.7. The second-order valence-electron chi connectivity index (χ2n) is 8.84. The molecule has 0 fully saturated rings. The molecule has 1 aromatic carbocycles. The number of rotatable bonds is 9. The summed E-state index contributed by atoms with van der Waals surface area (Å²) in [6.45, 7) is 14.7. The Morgan fingerprint density at radius 3 is 2.32 bits per heavy atom. The lowest BCUT2D eigenvalue weighted by atomic mass is 9.77. The Balaban J connectivity index is 2.33. The van der Waals surface area contributed by atoms with Crippen molar-refractivity contribution >= 4 is 11.9 Å². The molecule has 2 unspecified atom stereocenters. The normalized spacial score (nSPS) is 20.9. The molecule has 0 aromatic heterocycles. The number of nitrogens with zero attached hydrogens (tertiary/aromatic N) is 1. The van der Waals surface area contributed by atoms with Crippen LogP contribution in [-0.2, 0) is 14.2 Å². The molecule has 1 heterocycles. The van der Waals surface area contributed by atoms with Crippen LogP contribution in [0.1, 0.15) is 65.2 Å². The molecule has 7 nitrogen and oxygen atoms in total. The van der Waals surface area contributed by atoms with Gasteiger partial charge in [0.25, 0.3) is 0 Å². The number of ether oxygens (including phenoxy) is 4. The van der Waals surface area contributed by atoms with Crippen molar-refractivity contribution in [2.24, 2.45) is 5.92 Å². The minimum absolute atomic E-state index is 0.0726. The van der Waals surface area contributed by atoms with Crippen molar-refractivity contribution in [3.8, 4) is 5.75 Å². The Hall–Kier alpha value is -2.12. The standard InChI is InChI=1S/C24H37NO6/c1-8-25(22(27)31-23(4,5)6)16-15-24(7)19(21(28-9-2)29-10-3)20(26)17-13-11-12-14-18(17)30-24/h11-14,19,21H,8-10,15-16H2,1-7H3. The van der Waals surface area contributed by atoms with Gasteiger partial charge < -0.3 is 23.8 Å². The number of hydrogen-bond donors (Lipinski definition) is 0. The van der Waals surface area contributed by atoms with Gasteiger partial charge in [0, 0.05) is 32.7 Å². The lowest BCUT2D eigenvalue weighted by molar-refractivity contribution is -0.190. The zero-order valence-corrected chi connectivity index (χ0v) is 19.9. The fourth-order valence-electron chi connectivity index (χ4n) is 3.77. The predicted octanol–water partition coefficient (Wildman–Crippen LogP) is 4.68. The highest BCUT2D eigenvalue weighted by Gasteiger charge is 2.51. The van der Waals surface area contributed by atoms with Crippen molar-refractivity contribution in [1.29, 1.82) is 0 Å². The van der Waals surface area contributed by atoms with Crippen LogP contribution in [0.4, 0.5) is 4.79 Å². The summed E-state index contributed by atoms with van der Waals surface area (Å²) in [5, 5.41) is 0. The van der Waals surface area contributed by atoms with Gasteiger partial charge in [-0.2, -0.15) is 0 Å². The lowest BCUT2D eigenvalue weighted by Gasteiger charge is -2.44. The van der Waals surface area contributed by atoms with Crippen LogP contribution < -0.4 is 4.74 Å². The number of ketones is 1. The van der Waals surface area contributed by atoms with Crippen molar-refractivity contribution in [2.45, 2.75) is 72.4 Å². The molecule has 0 aliphatic carbocycles. The van der Waals surface area contributed by atoms with Gasteiger partial charge in [-0.3, -0.25) is 4.79 Å². The van der Waals surface area contributed by atoms with Crippen molar-refractivity contribution in [2.75, 3.05) is 26.3 Å². The van der Waals surface area contributed by atoms with Crippen molar-refractivity contribution in [3.05, 3.63) is 29.8 Å². The van der Waals surface area contributed by atoms with Gasteiger partial charge in [-0.05, 0) is 60.6 Å². The summed E-state index contributed by atoms with van der Waals surface area (Å²) in [7, 11) is 0. The minimum Gasteiger partial charge on any atom is -0.486 e. The number of carbonyl (C=O) groups excluding carboxylic acids is 2. The van der Waals surface area contributed by atoms with E-state index in [1.54, 1.807) is 17.0 Å². The number of para-hydroxylation sites is 1. The second-order valence-corrected chi connectivity index (χ2v) is 8.84. The summed E-state index contributed by atoms with van der Waals surface area (Å²) in [5.41, 5.74) is -0.980. The number of Topliss-reactive ketones (excluding diaryl/α,β-unsaturated/α-hetero) is 1. The van der Waals surface area contributed by atoms with Crippen LogP contribution in [0, 0.1) is 5.92 Å². The smallest absolute Gasteiger partial charge is 0.410 e. The summed E-state index contributed by atoms with van der Waals surface area (Å²) < 4.78 is 23.6. The molecule has 1 aromatic rings. The van der Waals surface area contributed by atoms with E-state index in [2.05, 4.69) is 0 Å². The van der Waals surface area contributed by atoms with Crippen molar-refractivity contribution < 1.29 is 28.5 Å². The van der Waals surface area contributed by atoms with E-state index in [1.165, 1.54) is 0 Å². The van der Waals surface area contributed by atoms with E-state index < -0.39 is 23.4 Å². The maximum absolute atomic E-state index is 13.5. The lowest BCUT2D eigenvalue weighted by Crippen LogP contribution is -2.56. The highest BCUT2D eigenvalue weighted by molar-refractivity contribution is 6.02.